The van der Waals surface area contributed by atoms with Gasteiger partial charge < -0.3 is 5.11 Å². The zero-order valence-corrected chi connectivity index (χ0v) is 12.7. The van der Waals surface area contributed by atoms with E-state index in [9.17, 15) is 5.11 Å². The molecule has 1 fully saturated rings. The Morgan fingerprint density at radius 1 is 1.47 bits per heavy atom. The van der Waals surface area contributed by atoms with Gasteiger partial charge in [-0.05, 0) is 75.6 Å². The van der Waals surface area contributed by atoms with Crippen LogP contribution in [0.3, 0.4) is 0 Å². The number of nitrogens with zero attached hydrogens (tertiary/aromatic N) is 4. The number of hydrogen-bond donors (Lipinski definition) is 1. The van der Waals surface area contributed by atoms with Gasteiger partial charge in [-0.1, -0.05) is 6.07 Å². The second-order valence-electron chi connectivity index (χ2n) is 4.61. The van der Waals surface area contributed by atoms with Crippen LogP contribution in [0, 0.1) is 0 Å². The number of rotatable bonds is 4. The quantitative estimate of drug-likeness (QED) is 0.926. The highest BCUT2D eigenvalue weighted by Crippen LogP contribution is 2.39. The van der Waals surface area contributed by atoms with Crippen molar-refractivity contribution in [3.05, 3.63) is 28.2 Å². The molecule has 1 aromatic heterocycles. The second kappa shape index (κ2) is 5.22. The standard InChI is InChI=1S/C12H13BrN4OS/c1-7(18)8-2-5-11(10(13)6-8)19-12-14-15-16-17(12)9-3-4-9/h2,5-7,9,18H,3-4H2,1H3. The second-order valence-corrected chi connectivity index (χ2v) is 6.47. The van der Waals surface area contributed by atoms with Crippen molar-refractivity contribution in [3.8, 4) is 0 Å². The molecule has 1 aliphatic rings. The van der Waals surface area contributed by atoms with Gasteiger partial charge in [-0.15, -0.1) is 5.10 Å². The van der Waals surface area contributed by atoms with Crippen LogP contribution in [0.25, 0.3) is 0 Å². The molecule has 0 saturated heterocycles. The summed E-state index contributed by atoms with van der Waals surface area (Å²) in [7, 11) is 0. The highest BCUT2D eigenvalue weighted by atomic mass is 79.9. The summed E-state index contributed by atoms with van der Waals surface area (Å²) in [5.41, 5.74) is 0.887. The highest BCUT2D eigenvalue weighted by Gasteiger charge is 2.28. The van der Waals surface area contributed by atoms with Crippen molar-refractivity contribution in [1.82, 2.24) is 20.2 Å². The maximum absolute atomic E-state index is 9.56. The third-order valence-electron chi connectivity index (χ3n) is 2.99. The van der Waals surface area contributed by atoms with Crippen LogP contribution in [0.4, 0.5) is 0 Å². The zero-order valence-electron chi connectivity index (χ0n) is 10.3. The molecule has 1 unspecified atom stereocenters. The van der Waals surface area contributed by atoms with Crippen LogP contribution in [-0.2, 0) is 0 Å². The SMILES string of the molecule is CC(O)c1ccc(Sc2nnnn2C2CC2)c(Br)c1. The van der Waals surface area contributed by atoms with E-state index < -0.39 is 6.10 Å². The van der Waals surface area contributed by atoms with Crippen LogP contribution in [-0.4, -0.2) is 25.3 Å². The van der Waals surface area contributed by atoms with Crippen molar-refractivity contribution >= 4 is 27.7 Å². The average molecular weight is 341 g/mol. The fourth-order valence-corrected chi connectivity index (χ4v) is 3.24. The summed E-state index contributed by atoms with van der Waals surface area (Å²) in [6.07, 6.45) is 1.84. The van der Waals surface area contributed by atoms with Crippen LogP contribution in [0.5, 0.6) is 0 Å². The van der Waals surface area contributed by atoms with E-state index in [0.29, 0.717) is 6.04 Å². The monoisotopic (exact) mass is 340 g/mol. The van der Waals surface area contributed by atoms with E-state index >= 15 is 0 Å². The third-order valence-corrected chi connectivity index (χ3v) is 4.94. The van der Waals surface area contributed by atoms with Gasteiger partial charge in [-0.25, -0.2) is 4.68 Å². The molecule has 1 heterocycles. The minimum atomic E-state index is -0.466. The molecule has 1 N–H and O–H groups in total. The zero-order chi connectivity index (χ0) is 13.4. The van der Waals surface area contributed by atoms with E-state index in [0.717, 1.165) is 32.9 Å². The van der Waals surface area contributed by atoms with E-state index in [2.05, 4.69) is 31.5 Å². The molecule has 0 spiro atoms. The first kappa shape index (κ1) is 13.1. The van der Waals surface area contributed by atoms with Gasteiger partial charge in [0.15, 0.2) is 0 Å². The number of hydrogen-bond acceptors (Lipinski definition) is 5. The molecular weight excluding hydrogens is 328 g/mol. The molecule has 3 rings (SSSR count). The van der Waals surface area contributed by atoms with Gasteiger partial charge in [0.25, 0.3) is 0 Å². The molecule has 1 aliphatic carbocycles. The average Bonchev–Trinajstić information content (AvgIpc) is 3.12. The highest BCUT2D eigenvalue weighted by molar-refractivity contribution is 9.10. The van der Waals surface area contributed by atoms with Gasteiger partial charge in [0.05, 0.1) is 12.1 Å². The molecule has 1 aromatic carbocycles. The lowest BCUT2D eigenvalue weighted by atomic mass is 10.1. The van der Waals surface area contributed by atoms with Crippen molar-refractivity contribution in [1.29, 1.82) is 0 Å². The number of benzene rings is 1. The first-order valence-corrected chi connectivity index (χ1v) is 7.69. The van der Waals surface area contributed by atoms with Crippen LogP contribution < -0.4 is 0 Å². The largest absolute Gasteiger partial charge is 0.389 e. The predicted octanol–water partition coefficient (Wildman–Crippen LogP) is 2.98. The van der Waals surface area contributed by atoms with Crippen molar-refractivity contribution in [2.45, 2.75) is 42.0 Å². The van der Waals surface area contributed by atoms with Crippen LogP contribution in [0.1, 0.15) is 37.5 Å². The van der Waals surface area contributed by atoms with E-state index in [1.165, 1.54) is 11.8 Å². The Morgan fingerprint density at radius 2 is 2.26 bits per heavy atom. The summed E-state index contributed by atoms with van der Waals surface area (Å²) >= 11 is 5.06. The Morgan fingerprint density at radius 3 is 2.89 bits per heavy atom. The molecule has 100 valence electrons. The Labute approximate surface area is 123 Å². The Balaban J connectivity index is 1.84. The number of aliphatic hydroxyl groups is 1. The smallest absolute Gasteiger partial charge is 0.214 e. The topological polar surface area (TPSA) is 63.8 Å². The molecule has 19 heavy (non-hydrogen) atoms. The number of tetrazole rings is 1. The minimum absolute atomic E-state index is 0.466. The molecule has 0 radical (unpaired) electrons. The fourth-order valence-electron chi connectivity index (χ4n) is 1.76. The predicted molar refractivity (Wildman–Crippen MR) is 75.0 cm³/mol. The van der Waals surface area contributed by atoms with Crippen molar-refractivity contribution in [2.75, 3.05) is 0 Å². The molecule has 0 aliphatic heterocycles. The third kappa shape index (κ3) is 2.82. The maximum Gasteiger partial charge on any atom is 0.214 e. The Kier molecular flexibility index (Phi) is 3.60. The van der Waals surface area contributed by atoms with E-state index in [1.807, 2.05) is 22.9 Å². The van der Waals surface area contributed by atoms with E-state index in [-0.39, 0.29) is 0 Å². The normalized spacial score (nSPS) is 16.6. The molecule has 0 bridgehead atoms. The van der Waals surface area contributed by atoms with Crippen molar-refractivity contribution in [2.24, 2.45) is 0 Å². The van der Waals surface area contributed by atoms with Gasteiger partial charge >= 0.3 is 0 Å². The minimum Gasteiger partial charge on any atom is -0.389 e. The van der Waals surface area contributed by atoms with Gasteiger partial charge in [0.1, 0.15) is 0 Å². The number of aliphatic hydroxyl groups excluding tert-OH is 1. The summed E-state index contributed by atoms with van der Waals surface area (Å²) < 4.78 is 2.83. The van der Waals surface area contributed by atoms with Crippen molar-refractivity contribution in [3.63, 3.8) is 0 Å². The van der Waals surface area contributed by atoms with Gasteiger partial charge in [-0.3, -0.25) is 0 Å². The van der Waals surface area contributed by atoms with E-state index in [4.69, 9.17) is 0 Å². The number of aromatic nitrogens is 4. The maximum atomic E-state index is 9.56. The molecule has 5 nitrogen and oxygen atoms in total. The summed E-state index contributed by atoms with van der Waals surface area (Å²) in [5.74, 6) is 0. The molecule has 7 heteroatoms. The lowest BCUT2D eigenvalue weighted by molar-refractivity contribution is 0.199. The molecule has 1 atom stereocenters. The molecule has 1 saturated carbocycles. The molecule has 2 aromatic rings. The van der Waals surface area contributed by atoms with Crippen molar-refractivity contribution < 1.29 is 5.11 Å². The van der Waals surface area contributed by atoms with Gasteiger partial charge in [0, 0.05) is 9.37 Å². The number of halogens is 1. The molecule has 0 amide bonds. The lowest BCUT2D eigenvalue weighted by Gasteiger charge is -2.08. The summed E-state index contributed by atoms with van der Waals surface area (Å²) in [4.78, 5) is 1.04. The van der Waals surface area contributed by atoms with Crippen LogP contribution >= 0.6 is 27.7 Å². The van der Waals surface area contributed by atoms with Gasteiger partial charge in [0.2, 0.25) is 5.16 Å². The summed E-state index contributed by atoms with van der Waals surface area (Å²) in [5, 5.41) is 22.2. The Hall–Kier alpha value is -0.920. The molecular formula is C12H13BrN4OS. The first-order valence-electron chi connectivity index (χ1n) is 6.08. The van der Waals surface area contributed by atoms with Crippen LogP contribution in [0.15, 0.2) is 32.7 Å². The Bertz CT molecular complexity index is 597. The fraction of sp³-hybridized carbons (Fsp3) is 0.417. The first-order chi connectivity index (χ1) is 9.15. The van der Waals surface area contributed by atoms with Crippen LogP contribution in [0.2, 0.25) is 0 Å². The summed E-state index contributed by atoms with van der Waals surface area (Å²) in [6.45, 7) is 1.75. The van der Waals surface area contributed by atoms with E-state index in [1.54, 1.807) is 6.92 Å². The van der Waals surface area contributed by atoms with Gasteiger partial charge in [-0.2, -0.15) is 0 Å². The lowest BCUT2D eigenvalue weighted by Crippen LogP contribution is -1.98. The summed E-state index contributed by atoms with van der Waals surface area (Å²) in [6, 6.07) is 6.29.